The maximum atomic E-state index is 13.3. The molecule has 1 aromatic rings. The Hall–Kier alpha value is -1.49. The van der Waals surface area contributed by atoms with Crippen LogP contribution in [0.3, 0.4) is 0 Å². The Morgan fingerprint density at radius 2 is 1.65 bits per heavy atom. The molecule has 23 heavy (non-hydrogen) atoms. The van der Waals surface area contributed by atoms with Crippen LogP contribution in [-0.4, -0.2) is 31.1 Å². The van der Waals surface area contributed by atoms with Crippen molar-refractivity contribution in [3.63, 3.8) is 0 Å². The lowest BCUT2D eigenvalue weighted by molar-refractivity contribution is -0.132. The van der Waals surface area contributed by atoms with Gasteiger partial charge >= 0.3 is 0 Å². The highest BCUT2D eigenvalue weighted by Gasteiger charge is 2.43. The smallest absolute Gasteiger partial charge is 0.248 e. The second-order valence-electron chi connectivity index (χ2n) is 6.66. The zero-order chi connectivity index (χ0) is 16.3. The quantitative estimate of drug-likeness (QED) is 0.925. The summed E-state index contributed by atoms with van der Waals surface area (Å²) in [4.78, 5) is 13.0. The van der Waals surface area contributed by atoms with E-state index in [1.165, 1.54) is 0 Å². The molecule has 0 bridgehead atoms. The van der Waals surface area contributed by atoms with Crippen molar-refractivity contribution in [1.82, 2.24) is 5.32 Å². The minimum atomic E-state index is -2.57. The second-order valence-corrected chi connectivity index (χ2v) is 6.66. The van der Waals surface area contributed by atoms with Gasteiger partial charge in [0.1, 0.15) is 0 Å². The zero-order valence-electron chi connectivity index (χ0n) is 13.2. The fourth-order valence-corrected chi connectivity index (χ4v) is 3.63. The first-order valence-corrected chi connectivity index (χ1v) is 8.34. The summed E-state index contributed by atoms with van der Waals surface area (Å²) in [7, 11) is 0. The summed E-state index contributed by atoms with van der Waals surface area (Å²) in [6.45, 7) is 1.09. The van der Waals surface area contributed by atoms with Crippen LogP contribution in [0.15, 0.2) is 30.3 Å². The van der Waals surface area contributed by atoms with Crippen molar-refractivity contribution in [3.05, 3.63) is 35.9 Å². The van der Waals surface area contributed by atoms with Gasteiger partial charge in [0, 0.05) is 32.1 Å². The number of nitrogens with one attached hydrogen (secondary N) is 1. The van der Waals surface area contributed by atoms with Gasteiger partial charge in [0.15, 0.2) is 0 Å². The zero-order valence-corrected chi connectivity index (χ0v) is 13.2. The van der Waals surface area contributed by atoms with Crippen molar-refractivity contribution in [3.8, 4) is 0 Å². The molecule has 1 aliphatic heterocycles. The maximum Gasteiger partial charge on any atom is 0.248 e. The SMILES string of the molecule is O=C(NC1CCC(F)(F)CC1)C1(c2ccccc2)CCOCC1. The molecule has 1 saturated heterocycles. The highest BCUT2D eigenvalue weighted by molar-refractivity contribution is 5.88. The Balaban J connectivity index is 1.74. The summed E-state index contributed by atoms with van der Waals surface area (Å²) in [5, 5.41) is 3.04. The fraction of sp³-hybridized carbons (Fsp3) is 0.611. The van der Waals surface area contributed by atoms with Crippen LogP contribution >= 0.6 is 0 Å². The number of hydrogen-bond acceptors (Lipinski definition) is 2. The number of benzene rings is 1. The van der Waals surface area contributed by atoms with E-state index in [1.54, 1.807) is 0 Å². The molecule has 1 heterocycles. The van der Waals surface area contributed by atoms with E-state index in [4.69, 9.17) is 4.74 Å². The lowest BCUT2D eigenvalue weighted by Crippen LogP contribution is -2.52. The first kappa shape index (κ1) is 16.4. The molecule has 2 fully saturated rings. The van der Waals surface area contributed by atoms with Gasteiger partial charge in [0.05, 0.1) is 5.41 Å². The normalized spacial score (nSPS) is 24.1. The van der Waals surface area contributed by atoms with Crippen LogP contribution in [-0.2, 0) is 14.9 Å². The van der Waals surface area contributed by atoms with E-state index in [0.29, 0.717) is 38.9 Å². The summed E-state index contributed by atoms with van der Waals surface area (Å²) >= 11 is 0. The van der Waals surface area contributed by atoms with E-state index in [1.807, 2.05) is 30.3 Å². The first-order chi connectivity index (χ1) is 11.0. The third-order valence-corrected chi connectivity index (χ3v) is 5.16. The highest BCUT2D eigenvalue weighted by Crippen LogP contribution is 2.37. The fourth-order valence-electron chi connectivity index (χ4n) is 3.63. The molecule has 1 N–H and O–H groups in total. The molecule has 3 nitrogen and oxygen atoms in total. The summed E-state index contributed by atoms with van der Waals surface area (Å²) in [6.07, 6.45) is 1.68. The van der Waals surface area contributed by atoms with Gasteiger partial charge in [0.25, 0.3) is 0 Å². The van der Waals surface area contributed by atoms with Gasteiger partial charge in [-0.2, -0.15) is 0 Å². The summed E-state index contributed by atoms with van der Waals surface area (Å²) in [6, 6.07) is 9.59. The lowest BCUT2D eigenvalue weighted by atomic mass is 9.73. The molecule has 1 aliphatic carbocycles. The van der Waals surface area contributed by atoms with Crippen LogP contribution in [0.25, 0.3) is 0 Å². The monoisotopic (exact) mass is 323 g/mol. The standard InChI is InChI=1S/C18H23F2NO2/c19-18(20)8-6-15(7-9-18)21-16(22)17(10-12-23-13-11-17)14-4-2-1-3-5-14/h1-5,15H,6-13H2,(H,21,22). The Bertz CT molecular complexity index is 531. The Labute approximate surface area is 135 Å². The second kappa shape index (κ2) is 6.56. The number of halogens is 2. The molecule has 1 aromatic carbocycles. The van der Waals surface area contributed by atoms with Gasteiger partial charge in [-0.25, -0.2) is 8.78 Å². The Morgan fingerprint density at radius 3 is 2.26 bits per heavy atom. The van der Waals surface area contributed by atoms with E-state index in [2.05, 4.69) is 5.32 Å². The van der Waals surface area contributed by atoms with Crippen molar-refractivity contribution in [2.45, 2.75) is 55.9 Å². The maximum absolute atomic E-state index is 13.3. The molecule has 3 rings (SSSR count). The molecule has 1 saturated carbocycles. The van der Waals surface area contributed by atoms with Gasteiger partial charge in [0.2, 0.25) is 11.8 Å². The summed E-state index contributed by atoms with van der Waals surface area (Å²) in [5.41, 5.74) is 0.390. The van der Waals surface area contributed by atoms with Gasteiger partial charge in [-0.3, -0.25) is 4.79 Å². The average molecular weight is 323 g/mol. The number of carbonyl (C=O) groups is 1. The minimum Gasteiger partial charge on any atom is -0.381 e. The molecule has 5 heteroatoms. The van der Waals surface area contributed by atoms with Crippen LogP contribution in [0, 0.1) is 0 Å². The van der Waals surface area contributed by atoms with Crippen LogP contribution in [0.5, 0.6) is 0 Å². The largest absolute Gasteiger partial charge is 0.381 e. The van der Waals surface area contributed by atoms with E-state index in [0.717, 1.165) is 5.56 Å². The van der Waals surface area contributed by atoms with Crippen molar-refractivity contribution in [1.29, 1.82) is 0 Å². The number of carbonyl (C=O) groups excluding carboxylic acids is 1. The molecule has 126 valence electrons. The van der Waals surface area contributed by atoms with Crippen molar-refractivity contribution < 1.29 is 18.3 Å². The number of ether oxygens (including phenoxy) is 1. The van der Waals surface area contributed by atoms with Crippen LogP contribution < -0.4 is 5.32 Å². The van der Waals surface area contributed by atoms with E-state index < -0.39 is 11.3 Å². The predicted molar refractivity (Wildman–Crippen MR) is 83.5 cm³/mol. The molecule has 0 spiro atoms. The molecule has 2 aliphatic rings. The van der Waals surface area contributed by atoms with E-state index in [9.17, 15) is 13.6 Å². The van der Waals surface area contributed by atoms with Crippen molar-refractivity contribution in [2.75, 3.05) is 13.2 Å². The molecule has 0 unspecified atom stereocenters. The molecule has 0 atom stereocenters. The molecule has 1 amide bonds. The number of hydrogen-bond donors (Lipinski definition) is 1. The van der Waals surface area contributed by atoms with E-state index >= 15 is 0 Å². The average Bonchev–Trinajstić information content (AvgIpc) is 2.58. The number of alkyl halides is 2. The van der Waals surface area contributed by atoms with Gasteiger partial charge < -0.3 is 10.1 Å². The van der Waals surface area contributed by atoms with Crippen LogP contribution in [0.4, 0.5) is 8.78 Å². The molecular formula is C18H23F2NO2. The first-order valence-electron chi connectivity index (χ1n) is 8.34. The molecular weight excluding hydrogens is 300 g/mol. The molecule has 0 aromatic heterocycles. The summed E-state index contributed by atoms with van der Waals surface area (Å²) < 4.78 is 32.0. The topological polar surface area (TPSA) is 38.3 Å². The minimum absolute atomic E-state index is 0.0396. The van der Waals surface area contributed by atoms with Crippen LogP contribution in [0.1, 0.15) is 44.1 Å². The van der Waals surface area contributed by atoms with E-state index in [-0.39, 0.29) is 24.8 Å². The van der Waals surface area contributed by atoms with Gasteiger partial charge in [-0.1, -0.05) is 30.3 Å². The number of amides is 1. The van der Waals surface area contributed by atoms with Crippen LogP contribution in [0.2, 0.25) is 0 Å². The number of rotatable bonds is 3. The predicted octanol–water partition coefficient (Wildman–Crippen LogP) is 3.43. The Kier molecular flexibility index (Phi) is 4.67. The van der Waals surface area contributed by atoms with Crippen molar-refractivity contribution >= 4 is 5.91 Å². The summed E-state index contributed by atoms with van der Waals surface area (Å²) in [5.74, 6) is -2.61. The van der Waals surface area contributed by atoms with Gasteiger partial charge in [-0.15, -0.1) is 0 Å². The van der Waals surface area contributed by atoms with Crippen molar-refractivity contribution in [2.24, 2.45) is 0 Å². The lowest BCUT2D eigenvalue weighted by Gasteiger charge is -2.38. The van der Waals surface area contributed by atoms with Gasteiger partial charge in [-0.05, 0) is 31.2 Å². The third kappa shape index (κ3) is 3.55. The highest BCUT2D eigenvalue weighted by atomic mass is 19.3. The Morgan fingerprint density at radius 1 is 1.04 bits per heavy atom. The third-order valence-electron chi connectivity index (χ3n) is 5.16. The molecule has 0 radical (unpaired) electrons.